The van der Waals surface area contributed by atoms with Gasteiger partial charge >= 0.3 is 0 Å². The maximum absolute atomic E-state index is 3.49. The summed E-state index contributed by atoms with van der Waals surface area (Å²) in [5.74, 6) is 0.723. The van der Waals surface area contributed by atoms with Gasteiger partial charge < -0.3 is 5.32 Å². The van der Waals surface area contributed by atoms with Crippen LogP contribution in [0.4, 0.5) is 0 Å². The van der Waals surface area contributed by atoms with Crippen LogP contribution in [0.1, 0.15) is 59.7 Å². The van der Waals surface area contributed by atoms with Crippen molar-refractivity contribution in [3.8, 4) is 0 Å². The molecule has 1 aliphatic heterocycles. The second-order valence-corrected chi connectivity index (χ2v) is 7.47. The average molecular weight is 375 g/mol. The molecule has 1 N–H and O–H groups in total. The van der Waals surface area contributed by atoms with Gasteiger partial charge in [0.15, 0.2) is 0 Å². The Hall–Kier alpha value is -0.280. The number of nitrogens with zero attached hydrogens (tertiary/aromatic N) is 1. The maximum atomic E-state index is 3.49. The number of piperazine rings is 1. The van der Waals surface area contributed by atoms with Crippen LogP contribution in [0.5, 0.6) is 0 Å². The Morgan fingerprint density at radius 1 is 0.792 bits per heavy atom. The summed E-state index contributed by atoms with van der Waals surface area (Å²) < 4.78 is 0. The second-order valence-electron chi connectivity index (χ2n) is 7.47. The van der Waals surface area contributed by atoms with Gasteiger partial charge in [0.2, 0.25) is 0 Å². The average Bonchev–Trinajstić information content (AvgIpc) is 2.50. The summed E-state index contributed by atoms with van der Waals surface area (Å²) in [6.07, 6.45) is 1.25. The molecule has 1 aliphatic rings. The first-order valence-electron chi connectivity index (χ1n) is 8.86. The van der Waals surface area contributed by atoms with Crippen LogP contribution in [0.25, 0.3) is 0 Å². The van der Waals surface area contributed by atoms with E-state index in [0.29, 0.717) is 6.04 Å². The van der Waals surface area contributed by atoms with Gasteiger partial charge in [-0.15, -0.1) is 24.8 Å². The van der Waals surface area contributed by atoms with E-state index in [1.807, 2.05) is 0 Å². The normalized spacial score (nSPS) is 16.5. The predicted octanol–water partition coefficient (Wildman–Crippen LogP) is 5.06. The zero-order valence-electron chi connectivity index (χ0n) is 16.5. The lowest BCUT2D eigenvalue weighted by atomic mass is 9.83. The summed E-state index contributed by atoms with van der Waals surface area (Å²) in [5, 5.41) is 3.49. The van der Waals surface area contributed by atoms with Gasteiger partial charge in [-0.3, -0.25) is 4.90 Å². The third-order valence-electron chi connectivity index (χ3n) is 5.68. The van der Waals surface area contributed by atoms with Gasteiger partial charge in [0.25, 0.3) is 0 Å². The van der Waals surface area contributed by atoms with Crippen molar-refractivity contribution in [2.75, 3.05) is 26.2 Å². The predicted molar refractivity (Wildman–Crippen MR) is 111 cm³/mol. The van der Waals surface area contributed by atoms with Crippen molar-refractivity contribution in [1.29, 1.82) is 0 Å². The van der Waals surface area contributed by atoms with Crippen LogP contribution in [0, 0.1) is 40.5 Å². The second kappa shape index (κ2) is 10.0. The molecule has 24 heavy (non-hydrogen) atoms. The van der Waals surface area contributed by atoms with E-state index in [1.165, 1.54) is 47.3 Å². The molecule has 140 valence electrons. The Morgan fingerprint density at radius 3 is 1.62 bits per heavy atom. The van der Waals surface area contributed by atoms with Gasteiger partial charge in [-0.1, -0.05) is 13.8 Å². The minimum Gasteiger partial charge on any atom is -0.314 e. The van der Waals surface area contributed by atoms with E-state index in [4.69, 9.17) is 0 Å². The van der Waals surface area contributed by atoms with Crippen molar-refractivity contribution in [3.63, 3.8) is 0 Å². The summed E-state index contributed by atoms with van der Waals surface area (Å²) in [7, 11) is 0. The summed E-state index contributed by atoms with van der Waals surface area (Å²) in [6.45, 7) is 20.8. The van der Waals surface area contributed by atoms with E-state index >= 15 is 0 Å². The van der Waals surface area contributed by atoms with Crippen molar-refractivity contribution in [2.24, 2.45) is 5.92 Å². The molecule has 1 atom stereocenters. The van der Waals surface area contributed by atoms with E-state index in [0.717, 1.165) is 19.0 Å². The highest BCUT2D eigenvalue weighted by Crippen LogP contribution is 2.36. The molecular formula is C20H36Cl2N2. The molecule has 0 spiro atoms. The molecule has 0 bridgehead atoms. The molecule has 0 saturated carbocycles. The number of nitrogens with one attached hydrogen (secondary N) is 1. The first kappa shape index (κ1) is 23.7. The number of benzene rings is 1. The molecule has 0 radical (unpaired) electrons. The van der Waals surface area contributed by atoms with Gasteiger partial charge in [-0.25, -0.2) is 0 Å². The molecule has 1 aromatic rings. The monoisotopic (exact) mass is 374 g/mol. The number of rotatable bonds is 4. The molecule has 0 aromatic heterocycles. The largest absolute Gasteiger partial charge is 0.314 e. The number of hydrogen-bond donors (Lipinski definition) is 1. The number of hydrogen-bond acceptors (Lipinski definition) is 2. The van der Waals surface area contributed by atoms with E-state index in [1.54, 1.807) is 5.56 Å². The Balaban J connectivity index is 0.00000264. The Kier molecular flexibility index (Phi) is 9.89. The molecule has 2 rings (SSSR count). The fourth-order valence-corrected chi connectivity index (χ4v) is 3.92. The summed E-state index contributed by atoms with van der Waals surface area (Å²) in [4.78, 5) is 2.71. The standard InChI is InChI=1S/C20H34N2.2ClH/c1-13(2)12-19(22-10-8-21-9-11-22)20-17(6)15(4)14(3)16(5)18(20)7;;/h13,19,21H,8-12H2,1-7H3;2*1H/t19-;;/m0../s1. The highest BCUT2D eigenvalue weighted by molar-refractivity contribution is 5.85. The lowest BCUT2D eigenvalue weighted by Gasteiger charge is -2.38. The molecule has 0 aliphatic carbocycles. The van der Waals surface area contributed by atoms with Gasteiger partial charge in [0, 0.05) is 32.2 Å². The molecule has 1 fully saturated rings. The zero-order valence-corrected chi connectivity index (χ0v) is 18.1. The van der Waals surface area contributed by atoms with Gasteiger partial charge in [-0.05, 0) is 80.3 Å². The van der Waals surface area contributed by atoms with E-state index < -0.39 is 0 Å². The molecule has 0 amide bonds. The SMILES string of the molecule is Cc1c(C)c(C)c([C@H](CC(C)C)N2CCNCC2)c(C)c1C.Cl.Cl. The third-order valence-corrected chi connectivity index (χ3v) is 5.68. The minimum absolute atomic E-state index is 0. The van der Waals surface area contributed by atoms with Gasteiger partial charge in [0.1, 0.15) is 0 Å². The topological polar surface area (TPSA) is 15.3 Å². The highest BCUT2D eigenvalue weighted by atomic mass is 35.5. The Morgan fingerprint density at radius 2 is 1.21 bits per heavy atom. The zero-order chi connectivity index (χ0) is 16.4. The molecular weight excluding hydrogens is 339 g/mol. The van der Waals surface area contributed by atoms with Crippen LogP contribution in [0.2, 0.25) is 0 Å². The van der Waals surface area contributed by atoms with Crippen LogP contribution in [-0.2, 0) is 0 Å². The van der Waals surface area contributed by atoms with Crippen molar-refractivity contribution < 1.29 is 0 Å². The van der Waals surface area contributed by atoms with E-state index in [9.17, 15) is 0 Å². The summed E-state index contributed by atoms with van der Waals surface area (Å²) >= 11 is 0. The molecule has 1 saturated heterocycles. The lowest BCUT2D eigenvalue weighted by molar-refractivity contribution is 0.153. The molecule has 4 heteroatoms. The minimum atomic E-state index is 0. The van der Waals surface area contributed by atoms with Crippen molar-refractivity contribution in [3.05, 3.63) is 33.4 Å². The third kappa shape index (κ3) is 4.88. The fraction of sp³-hybridized carbons (Fsp3) is 0.700. The molecule has 1 heterocycles. The van der Waals surface area contributed by atoms with Gasteiger partial charge in [-0.2, -0.15) is 0 Å². The van der Waals surface area contributed by atoms with E-state index in [2.05, 4.69) is 58.7 Å². The Labute approximate surface area is 161 Å². The quantitative estimate of drug-likeness (QED) is 0.791. The van der Waals surface area contributed by atoms with Gasteiger partial charge in [0.05, 0.1) is 0 Å². The van der Waals surface area contributed by atoms with E-state index in [-0.39, 0.29) is 24.8 Å². The number of halogens is 2. The van der Waals surface area contributed by atoms with Crippen LogP contribution >= 0.6 is 24.8 Å². The molecule has 2 nitrogen and oxygen atoms in total. The van der Waals surface area contributed by atoms with Crippen molar-refractivity contribution >= 4 is 24.8 Å². The maximum Gasteiger partial charge on any atom is 0.0357 e. The van der Waals surface area contributed by atoms with Crippen molar-refractivity contribution in [1.82, 2.24) is 10.2 Å². The Bertz CT molecular complexity index is 506. The lowest BCUT2D eigenvalue weighted by Crippen LogP contribution is -2.45. The van der Waals surface area contributed by atoms with Crippen LogP contribution < -0.4 is 5.32 Å². The smallest absolute Gasteiger partial charge is 0.0357 e. The summed E-state index contributed by atoms with van der Waals surface area (Å²) in [5.41, 5.74) is 9.09. The van der Waals surface area contributed by atoms with Crippen LogP contribution in [-0.4, -0.2) is 31.1 Å². The first-order valence-corrected chi connectivity index (χ1v) is 8.86. The highest BCUT2D eigenvalue weighted by Gasteiger charge is 2.27. The summed E-state index contributed by atoms with van der Waals surface area (Å²) in [6, 6.07) is 0.570. The van der Waals surface area contributed by atoms with Crippen LogP contribution in [0.3, 0.4) is 0 Å². The first-order chi connectivity index (χ1) is 10.3. The fourth-order valence-electron chi connectivity index (χ4n) is 3.92. The van der Waals surface area contributed by atoms with Crippen LogP contribution in [0.15, 0.2) is 0 Å². The molecule has 1 aromatic carbocycles. The van der Waals surface area contributed by atoms with Crippen molar-refractivity contribution in [2.45, 2.75) is 60.9 Å². The molecule has 0 unspecified atom stereocenters.